The summed E-state index contributed by atoms with van der Waals surface area (Å²) in [7, 11) is 0. The van der Waals surface area contributed by atoms with Crippen LogP contribution in [0.1, 0.15) is 67.2 Å². The van der Waals surface area contributed by atoms with E-state index in [0.717, 1.165) is 0 Å². The number of hydrogen-bond donors (Lipinski definition) is 5. The highest BCUT2D eigenvalue weighted by Crippen LogP contribution is 2.09. The number of carbonyl (C=O) groups is 4. The van der Waals surface area contributed by atoms with Gasteiger partial charge in [-0.1, -0.05) is 27.7 Å². The fourth-order valence-electron chi connectivity index (χ4n) is 3.03. The highest BCUT2D eigenvalue weighted by Gasteiger charge is 2.28. The molecule has 0 aromatic carbocycles. The van der Waals surface area contributed by atoms with Crippen molar-refractivity contribution in [3.8, 4) is 0 Å². The lowest BCUT2D eigenvalue weighted by Crippen LogP contribution is -2.55. The molecule has 30 heavy (non-hydrogen) atoms. The lowest BCUT2D eigenvalue weighted by molar-refractivity contribution is -0.133. The van der Waals surface area contributed by atoms with Crippen molar-refractivity contribution < 1.29 is 19.2 Å². The maximum Gasteiger partial charge on any atom is 0.243 e. The van der Waals surface area contributed by atoms with E-state index in [9.17, 15) is 19.2 Å². The van der Waals surface area contributed by atoms with E-state index < -0.39 is 29.9 Å². The number of amides is 3. The highest BCUT2D eigenvalue weighted by atomic mass is 16.2. The van der Waals surface area contributed by atoms with E-state index in [4.69, 9.17) is 5.73 Å². The SMILES string of the molecule is CC(=O)N[C@@H](CC(C)C)C(=O)N[C@@H](CC(C)C)C(=O)N[C@H](C=O)CCCNC(C)N. The molecule has 174 valence electrons. The molecular formula is C21H41N5O4. The van der Waals surface area contributed by atoms with Gasteiger partial charge in [0.2, 0.25) is 17.7 Å². The number of carbonyl (C=O) groups excluding carboxylic acids is 4. The Morgan fingerprint density at radius 3 is 1.80 bits per heavy atom. The second-order valence-corrected chi connectivity index (χ2v) is 8.71. The molecule has 0 aromatic rings. The van der Waals surface area contributed by atoms with Gasteiger partial charge in [-0.3, -0.25) is 14.4 Å². The number of hydrogen-bond acceptors (Lipinski definition) is 6. The van der Waals surface area contributed by atoms with E-state index in [1.807, 2.05) is 34.6 Å². The molecule has 4 atom stereocenters. The monoisotopic (exact) mass is 427 g/mol. The first-order valence-corrected chi connectivity index (χ1v) is 10.8. The molecule has 0 bridgehead atoms. The molecule has 0 spiro atoms. The average molecular weight is 428 g/mol. The second kappa shape index (κ2) is 14.9. The Morgan fingerprint density at radius 1 is 0.867 bits per heavy atom. The summed E-state index contributed by atoms with van der Waals surface area (Å²) in [6, 6.07) is -2.14. The predicted molar refractivity (Wildman–Crippen MR) is 117 cm³/mol. The molecule has 0 aliphatic rings. The molecule has 0 heterocycles. The third kappa shape index (κ3) is 13.3. The van der Waals surface area contributed by atoms with Crippen molar-refractivity contribution in [1.29, 1.82) is 0 Å². The van der Waals surface area contributed by atoms with Crippen LogP contribution >= 0.6 is 0 Å². The molecule has 0 aliphatic carbocycles. The molecule has 9 nitrogen and oxygen atoms in total. The Kier molecular flexibility index (Phi) is 13.9. The number of rotatable bonds is 15. The first kappa shape index (κ1) is 28.0. The van der Waals surface area contributed by atoms with Crippen LogP contribution < -0.4 is 27.0 Å². The molecule has 0 saturated carbocycles. The van der Waals surface area contributed by atoms with E-state index in [2.05, 4.69) is 21.3 Å². The Hall–Kier alpha value is -2.00. The molecule has 0 aromatic heterocycles. The molecule has 0 rings (SSSR count). The summed E-state index contributed by atoms with van der Waals surface area (Å²) in [6.07, 6.45) is 2.60. The van der Waals surface area contributed by atoms with Gasteiger partial charge in [0.1, 0.15) is 18.4 Å². The van der Waals surface area contributed by atoms with Crippen LogP contribution in [0, 0.1) is 11.8 Å². The maximum atomic E-state index is 12.8. The van der Waals surface area contributed by atoms with E-state index in [1.54, 1.807) is 0 Å². The zero-order chi connectivity index (χ0) is 23.3. The summed E-state index contributed by atoms with van der Waals surface area (Å²) in [5.41, 5.74) is 5.62. The fourth-order valence-corrected chi connectivity index (χ4v) is 3.03. The predicted octanol–water partition coefficient (Wildman–Crippen LogP) is 0.426. The van der Waals surface area contributed by atoms with Gasteiger partial charge in [-0.15, -0.1) is 0 Å². The standard InChI is InChI=1S/C21H41N5O4/c1-13(2)10-18(24-16(6)28)21(30)26-19(11-14(3)4)20(29)25-17(12-27)8-7-9-23-15(5)22/h12-15,17-19,23H,7-11,22H2,1-6H3,(H,24,28)(H,25,29)(H,26,30)/t15?,17-,18-,19-/m0/s1. The van der Waals surface area contributed by atoms with Crippen molar-refractivity contribution in [2.45, 2.75) is 91.5 Å². The van der Waals surface area contributed by atoms with Crippen LogP contribution in [-0.2, 0) is 19.2 Å². The molecule has 0 fully saturated rings. The summed E-state index contributed by atoms with van der Waals surface area (Å²) >= 11 is 0. The first-order chi connectivity index (χ1) is 14.0. The van der Waals surface area contributed by atoms with Crippen molar-refractivity contribution in [3.63, 3.8) is 0 Å². The Morgan fingerprint density at radius 2 is 1.37 bits per heavy atom. The van der Waals surface area contributed by atoms with Crippen molar-refractivity contribution in [3.05, 3.63) is 0 Å². The van der Waals surface area contributed by atoms with Crippen LogP contribution in [-0.4, -0.2) is 54.8 Å². The zero-order valence-electron chi connectivity index (χ0n) is 19.3. The zero-order valence-corrected chi connectivity index (χ0v) is 19.3. The lowest BCUT2D eigenvalue weighted by Gasteiger charge is -2.25. The molecule has 0 radical (unpaired) electrons. The minimum absolute atomic E-state index is 0.137. The largest absolute Gasteiger partial charge is 0.345 e. The topological polar surface area (TPSA) is 142 Å². The van der Waals surface area contributed by atoms with Crippen LogP contribution in [0.4, 0.5) is 0 Å². The van der Waals surface area contributed by atoms with E-state index in [1.165, 1.54) is 6.92 Å². The van der Waals surface area contributed by atoms with Gasteiger partial charge in [0, 0.05) is 6.92 Å². The smallest absolute Gasteiger partial charge is 0.243 e. The van der Waals surface area contributed by atoms with Gasteiger partial charge in [0.15, 0.2) is 0 Å². The van der Waals surface area contributed by atoms with Gasteiger partial charge < -0.3 is 31.8 Å². The molecule has 0 saturated heterocycles. The number of aldehydes is 1. The summed E-state index contributed by atoms with van der Waals surface area (Å²) in [5, 5.41) is 11.2. The normalized spacial score (nSPS) is 15.2. The van der Waals surface area contributed by atoms with E-state index in [0.29, 0.717) is 38.5 Å². The fraction of sp³-hybridized carbons (Fsp3) is 0.810. The quantitative estimate of drug-likeness (QED) is 0.146. The van der Waals surface area contributed by atoms with Gasteiger partial charge in [0.25, 0.3) is 0 Å². The van der Waals surface area contributed by atoms with Gasteiger partial charge in [-0.25, -0.2) is 0 Å². The second-order valence-electron chi connectivity index (χ2n) is 8.71. The third-order valence-corrected chi connectivity index (χ3v) is 4.39. The maximum absolute atomic E-state index is 12.8. The van der Waals surface area contributed by atoms with Gasteiger partial charge in [-0.2, -0.15) is 0 Å². The van der Waals surface area contributed by atoms with Crippen LogP contribution in [0.3, 0.4) is 0 Å². The molecule has 0 aliphatic heterocycles. The van der Waals surface area contributed by atoms with Crippen molar-refractivity contribution >= 4 is 24.0 Å². The minimum atomic E-state index is -0.787. The number of nitrogens with one attached hydrogen (secondary N) is 4. The van der Waals surface area contributed by atoms with Gasteiger partial charge >= 0.3 is 0 Å². The number of nitrogens with two attached hydrogens (primary N) is 1. The molecule has 3 amide bonds. The van der Waals surface area contributed by atoms with Crippen LogP contribution in [0.15, 0.2) is 0 Å². The molecule has 1 unspecified atom stereocenters. The van der Waals surface area contributed by atoms with Crippen molar-refractivity contribution in [2.24, 2.45) is 17.6 Å². The highest BCUT2D eigenvalue weighted by molar-refractivity contribution is 5.92. The van der Waals surface area contributed by atoms with Crippen LogP contribution in [0.5, 0.6) is 0 Å². The van der Waals surface area contributed by atoms with Crippen molar-refractivity contribution in [1.82, 2.24) is 21.3 Å². The summed E-state index contributed by atoms with van der Waals surface area (Å²) in [4.78, 5) is 48.4. The molecule has 6 N–H and O–H groups in total. The Balaban J connectivity index is 5.04. The van der Waals surface area contributed by atoms with Crippen LogP contribution in [0.25, 0.3) is 0 Å². The Bertz CT molecular complexity index is 552. The average Bonchev–Trinajstić information content (AvgIpc) is 2.61. The summed E-state index contributed by atoms with van der Waals surface area (Å²) in [5.74, 6) is -0.768. The summed E-state index contributed by atoms with van der Waals surface area (Å²) in [6.45, 7) is 11.6. The first-order valence-electron chi connectivity index (χ1n) is 10.8. The molecule has 9 heteroatoms. The van der Waals surface area contributed by atoms with Gasteiger partial charge in [-0.05, 0) is 51.0 Å². The van der Waals surface area contributed by atoms with E-state index in [-0.39, 0.29) is 23.9 Å². The minimum Gasteiger partial charge on any atom is -0.345 e. The lowest BCUT2D eigenvalue weighted by atomic mass is 9.99. The van der Waals surface area contributed by atoms with Crippen molar-refractivity contribution in [2.75, 3.05) is 6.54 Å². The Labute approximate surface area is 180 Å². The van der Waals surface area contributed by atoms with Gasteiger partial charge in [0.05, 0.1) is 12.2 Å². The third-order valence-electron chi connectivity index (χ3n) is 4.39. The summed E-state index contributed by atoms with van der Waals surface area (Å²) < 4.78 is 0. The molecular weight excluding hydrogens is 386 g/mol. The van der Waals surface area contributed by atoms with Crippen LogP contribution in [0.2, 0.25) is 0 Å². The van der Waals surface area contributed by atoms with E-state index >= 15 is 0 Å².